The predicted molar refractivity (Wildman–Crippen MR) is 96.1 cm³/mol. The van der Waals surface area contributed by atoms with Gasteiger partial charge in [0.1, 0.15) is 5.82 Å². The molecule has 134 valence electrons. The van der Waals surface area contributed by atoms with Crippen LogP contribution in [-0.2, 0) is 0 Å². The molecule has 6 nitrogen and oxygen atoms in total. The van der Waals surface area contributed by atoms with Gasteiger partial charge in [-0.25, -0.2) is 14.1 Å². The van der Waals surface area contributed by atoms with E-state index in [2.05, 4.69) is 22.6 Å². The van der Waals surface area contributed by atoms with E-state index >= 15 is 0 Å². The molecular formula is C18H25FN5O+. The van der Waals surface area contributed by atoms with Crippen LogP contribution in [0.25, 0.3) is 18.0 Å². The van der Waals surface area contributed by atoms with Gasteiger partial charge in [-0.15, -0.1) is 0 Å². The largest absolute Gasteiger partial charge is 0.335 e. The van der Waals surface area contributed by atoms with Crippen molar-refractivity contribution >= 4 is 12.3 Å². The van der Waals surface area contributed by atoms with Crippen LogP contribution in [0.15, 0.2) is 29.1 Å². The van der Waals surface area contributed by atoms with Crippen LogP contribution in [0.3, 0.4) is 0 Å². The van der Waals surface area contributed by atoms with E-state index < -0.39 is 0 Å². The first-order chi connectivity index (χ1) is 12.1. The fourth-order valence-electron chi connectivity index (χ4n) is 2.91. The summed E-state index contributed by atoms with van der Waals surface area (Å²) in [5.41, 5.74) is 3.71. The molecule has 3 N–H and O–H groups in total. The highest BCUT2D eigenvalue weighted by molar-refractivity contribution is 5.33. The molecule has 3 rings (SSSR count). The summed E-state index contributed by atoms with van der Waals surface area (Å²) in [6.45, 7) is 6.04. The van der Waals surface area contributed by atoms with E-state index in [9.17, 15) is 9.18 Å². The standard InChI is InChI=1S/C18H24FN5O/c1-3-4-17-16(13-20-23-11-9-22(2)10-12-23)18(25)24(21-17)15-7-5-14(19)6-8-15/h4-8,13,20-21H,3,9-12H2,1-2H3/p+1. The quantitative estimate of drug-likeness (QED) is 0.636. The van der Waals surface area contributed by atoms with Gasteiger partial charge in [0.15, 0.2) is 0 Å². The molecule has 1 aliphatic heterocycles. The molecule has 0 unspecified atom stereocenters. The van der Waals surface area contributed by atoms with Crippen molar-refractivity contribution in [2.75, 3.05) is 33.2 Å². The van der Waals surface area contributed by atoms with Crippen molar-refractivity contribution < 1.29 is 9.29 Å². The van der Waals surface area contributed by atoms with E-state index in [1.54, 1.807) is 18.3 Å². The summed E-state index contributed by atoms with van der Waals surface area (Å²) in [5, 5.41) is 6.58. The molecule has 7 heteroatoms. The first-order valence-electron chi connectivity index (χ1n) is 8.68. The van der Waals surface area contributed by atoms with E-state index in [4.69, 9.17) is 0 Å². The molecule has 0 amide bonds. The van der Waals surface area contributed by atoms with E-state index in [-0.39, 0.29) is 11.4 Å². The van der Waals surface area contributed by atoms with E-state index in [1.807, 2.05) is 13.0 Å². The number of halogens is 1. The highest BCUT2D eigenvalue weighted by atomic mass is 19.1. The zero-order valence-electron chi connectivity index (χ0n) is 14.7. The highest BCUT2D eigenvalue weighted by Gasteiger charge is 2.15. The normalized spacial score (nSPS) is 18.0. The van der Waals surface area contributed by atoms with Crippen LogP contribution in [0, 0.1) is 5.82 Å². The topological polar surface area (TPSA) is 57.5 Å². The lowest BCUT2D eigenvalue weighted by Crippen LogP contribution is -3.12. The van der Waals surface area contributed by atoms with Crippen molar-refractivity contribution in [3.63, 3.8) is 0 Å². The average Bonchev–Trinajstić information content (AvgIpc) is 2.91. The third-order valence-corrected chi connectivity index (χ3v) is 4.46. The third-order valence-electron chi connectivity index (χ3n) is 4.46. The molecule has 0 bridgehead atoms. The highest BCUT2D eigenvalue weighted by Crippen LogP contribution is 2.04. The zero-order valence-corrected chi connectivity index (χ0v) is 14.7. The van der Waals surface area contributed by atoms with E-state index in [1.165, 1.54) is 21.7 Å². The van der Waals surface area contributed by atoms with Crippen LogP contribution in [0.4, 0.5) is 4.39 Å². The minimum atomic E-state index is -0.325. The van der Waals surface area contributed by atoms with Crippen LogP contribution < -0.4 is 26.5 Å². The Hall–Kier alpha value is -2.38. The van der Waals surface area contributed by atoms with E-state index in [0.717, 1.165) is 37.9 Å². The molecule has 1 saturated heterocycles. The Morgan fingerprint density at radius 2 is 1.96 bits per heavy atom. The molecular weight excluding hydrogens is 321 g/mol. The Labute approximate surface area is 145 Å². The predicted octanol–water partition coefficient (Wildman–Crippen LogP) is -1.43. The first kappa shape index (κ1) is 17.4. The number of nitrogens with one attached hydrogen (secondary N) is 3. The number of hydrazine groups is 1. The number of benzene rings is 1. The maximum absolute atomic E-state index is 13.1. The van der Waals surface area contributed by atoms with Crippen molar-refractivity contribution in [2.45, 2.75) is 13.3 Å². The number of likely N-dealkylation sites (N-methyl/N-ethyl adjacent to an activating group) is 1. The smallest absolute Gasteiger partial charge is 0.280 e. The molecule has 2 aromatic rings. The number of rotatable bonds is 4. The third kappa shape index (κ3) is 4.00. The fourth-order valence-corrected chi connectivity index (χ4v) is 2.91. The molecule has 1 aliphatic rings. The second kappa shape index (κ2) is 7.67. The summed E-state index contributed by atoms with van der Waals surface area (Å²) in [5.74, 6) is -0.325. The Balaban J connectivity index is 1.95. The average molecular weight is 346 g/mol. The van der Waals surface area contributed by atoms with Crippen molar-refractivity contribution in [3.05, 3.63) is 51.0 Å². The molecule has 25 heavy (non-hydrogen) atoms. The molecule has 0 saturated carbocycles. The molecule has 0 atom stereocenters. The summed E-state index contributed by atoms with van der Waals surface area (Å²) in [4.78, 5) is 14.3. The Bertz CT molecular complexity index is 876. The van der Waals surface area contributed by atoms with Crippen LogP contribution in [0.1, 0.15) is 13.3 Å². The minimum Gasteiger partial charge on any atom is -0.335 e. The second-order valence-corrected chi connectivity index (χ2v) is 6.39. The second-order valence-electron chi connectivity index (χ2n) is 6.39. The van der Waals surface area contributed by atoms with Gasteiger partial charge in [0, 0.05) is 6.20 Å². The minimum absolute atomic E-state index is 0.154. The van der Waals surface area contributed by atoms with Gasteiger partial charge in [-0.05, 0) is 30.7 Å². The van der Waals surface area contributed by atoms with Gasteiger partial charge in [-0.1, -0.05) is 13.0 Å². The monoisotopic (exact) mass is 346 g/mol. The number of quaternary nitrogens is 1. The molecule has 1 aromatic heterocycles. The lowest BCUT2D eigenvalue weighted by Gasteiger charge is -2.29. The summed E-state index contributed by atoms with van der Waals surface area (Å²) in [7, 11) is 2.18. The van der Waals surface area contributed by atoms with Crippen LogP contribution in [-0.4, -0.2) is 48.0 Å². The lowest BCUT2D eigenvalue weighted by atomic mass is 10.3. The van der Waals surface area contributed by atoms with Crippen molar-refractivity contribution in [1.29, 1.82) is 0 Å². The van der Waals surface area contributed by atoms with Gasteiger partial charge in [-0.2, -0.15) is 0 Å². The maximum Gasteiger partial charge on any atom is 0.280 e. The Morgan fingerprint density at radius 3 is 2.60 bits per heavy atom. The molecule has 0 aliphatic carbocycles. The number of hydrogen-bond acceptors (Lipinski definition) is 3. The van der Waals surface area contributed by atoms with Gasteiger partial charge in [-0.3, -0.25) is 9.89 Å². The Kier molecular flexibility index (Phi) is 5.35. The van der Waals surface area contributed by atoms with Crippen LogP contribution in [0.5, 0.6) is 0 Å². The number of H-pyrrole nitrogens is 1. The number of hydrogen-bond donors (Lipinski definition) is 3. The molecule has 2 heterocycles. The SMILES string of the molecule is CCC=c1[nH]n(-c2ccc(F)cc2)c(=O)c1=CNN1CC[NH+](C)CC1. The molecule has 1 fully saturated rings. The zero-order chi connectivity index (χ0) is 17.8. The first-order valence-corrected chi connectivity index (χ1v) is 8.68. The van der Waals surface area contributed by atoms with Gasteiger partial charge >= 0.3 is 0 Å². The molecule has 1 aromatic carbocycles. The Morgan fingerprint density at radius 1 is 1.28 bits per heavy atom. The summed E-state index contributed by atoms with van der Waals surface area (Å²) >= 11 is 0. The van der Waals surface area contributed by atoms with E-state index in [0.29, 0.717) is 10.9 Å². The van der Waals surface area contributed by atoms with Crippen molar-refractivity contribution in [3.8, 4) is 5.69 Å². The molecule has 0 radical (unpaired) electrons. The maximum atomic E-state index is 13.1. The molecule has 0 spiro atoms. The summed E-state index contributed by atoms with van der Waals surface area (Å²) in [6.07, 6.45) is 4.55. The number of aromatic amines is 1. The van der Waals surface area contributed by atoms with Crippen LogP contribution >= 0.6 is 0 Å². The number of nitrogens with zero attached hydrogens (tertiary/aromatic N) is 2. The number of piperazine rings is 1. The van der Waals surface area contributed by atoms with Crippen molar-refractivity contribution in [2.24, 2.45) is 0 Å². The van der Waals surface area contributed by atoms with Gasteiger partial charge in [0.25, 0.3) is 5.56 Å². The summed E-state index contributed by atoms with van der Waals surface area (Å²) < 4.78 is 14.6. The van der Waals surface area contributed by atoms with Gasteiger partial charge in [0.05, 0.1) is 49.5 Å². The number of aromatic nitrogens is 2. The lowest BCUT2D eigenvalue weighted by molar-refractivity contribution is -0.884. The van der Waals surface area contributed by atoms with Crippen molar-refractivity contribution in [1.82, 2.24) is 20.2 Å². The van der Waals surface area contributed by atoms with Gasteiger partial charge in [0.2, 0.25) is 0 Å². The van der Waals surface area contributed by atoms with Crippen LogP contribution in [0.2, 0.25) is 0 Å². The van der Waals surface area contributed by atoms with Gasteiger partial charge < -0.3 is 10.3 Å². The summed E-state index contributed by atoms with van der Waals surface area (Å²) in [6, 6.07) is 5.87. The fraction of sp³-hybridized carbons (Fsp3) is 0.389.